The number of rotatable bonds is 3. The fourth-order valence-corrected chi connectivity index (χ4v) is 2.15. The fourth-order valence-electron chi connectivity index (χ4n) is 1.35. The summed E-state index contributed by atoms with van der Waals surface area (Å²) in [6.07, 6.45) is 0.977. The molecule has 78 valence electrons. The van der Waals surface area contributed by atoms with Crippen molar-refractivity contribution in [2.75, 3.05) is 13.6 Å². The van der Waals surface area contributed by atoms with Gasteiger partial charge in [-0.15, -0.1) is 11.3 Å². The van der Waals surface area contributed by atoms with Gasteiger partial charge in [-0.3, -0.25) is 4.79 Å². The molecule has 0 spiro atoms. The normalized spacial score (nSPS) is 10.3. The second kappa shape index (κ2) is 4.55. The predicted molar refractivity (Wildman–Crippen MR) is 58.8 cm³/mol. The highest BCUT2D eigenvalue weighted by Crippen LogP contribution is 2.17. The van der Waals surface area contributed by atoms with Crippen LogP contribution in [0.5, 0.6) is 0 Å². The summed E-state index contributed by atoms with van der Waals surface area (Å²) in [5.74, 6) is 0.0358. The first-order valence-electron chi connectivity index (χ1n) is 4.75. The SMILES string of the molecule is CCCN(C)C(=O)c1nc(C)sc1C. The van der Waals surface area contributed by atoms with Gasteiger partial charge >= 0.3 is 0 Å². The number of aryl methyl sites for hydroxylation is 2. The van der Waals surface area contributed by atoms with Gasteiger partial charge in [0.1, 0.15) is 5.69 Å². The standard InChI is InChI=1S/C10H16N2OS/c1-5-6-12(4)10(13)9-7(2)14-8(3)11-9/h5-6H2,1-4H3. The summed E-state index contributed by atoms with van der Waals surface area (Å²) >= 11 is 1.57. The molecule has 0 unspecified atom stereocenters. The number of amides is 1. The zero-order valence-electron chi connectivity index (χ0n) is 9.13. The third-order valence-electron chi connectivity index (χ3n) is 2.01. The highest BCUT2D eigenvalue weighted by atomic mass is 32.1. The van der Waals surface area contributed by atoms with E-state index < -0.39 is 0 Å². The first-order valence-corrected chi connectivity index (χ1v) is 5.57. The van der Waals surface area contributed by atoms with Crippen LogP contribution in [0.4, 0.5) is 0 Å². The first-order chi connectivity index (χ1) is 6.56. The summed E-state index contributed by atoms with van der Waals surface area (Å²) in [5.41, 5.74) is 0.614. The Labute approximate surface area is 88.8 Å². The van der Waals surface area contributed by atoms with Crippen LogP contribution in [-0.2, 0) is 0 Å². The van der Waals surface area contributed by atoms with E-state index in [0.717, 1.165) is 22.9 Å². The number of hydrogen-bond donors (Lipinski definition) is 0. The lowest BCUT2D eigenvalue weighted by Crippen LogP contribution is -2.28. The van der Waals surface area contributed by atoms with E-state index in [4.69, 9.17) is 0 Å². The van der Waals surface area contributed by atoms with Crippen LogP contribution in [0.1, 0.15) is 33.7 Å². The van der Waals surface area contributed by atoms with Gasteiger partial charge in [0.05, 0.1) is 5.01 Å². The summed E-state index contributed by atoms with van der Waals surface area (Å²) in [6, 6.07) is 0. The molecule has 1 aromatic rings. The lowest BCUT2D eigenvalue weighted by Gasteiger charge is -2.14. The van der Waals surface area contributed by atoms with E-state index in [0.29, 0.717) is 5.69 Å². The van der Waals surface area contributed by atoms with Crippen LogP contribution in [0, 0.1) is 13.8 Å². The second-order valence-corrected chi connectivity index (χ2v) is 4.77. The summed E-state index contributed by atoms with van der Waals surface area (Å²) in [5, 5.41) is 0.954. The Balaban J connectivity index is 2.83. The van der Waals surface area contributed by atoms with Crippen molar-refractivity contribution in [3.05, 3.63) is 15.6 Å². The van der Waals surface area contributed by atoms with E-state index in [1.165, 1.54) is 0 Å². The van der Waals surface area contributed by atoms with Crippen LogP contribution in [0.3, 0.4) is 0 Å². The predicted octanol–water partition coefficient (Wildman–Crippen LogP) is 2.24. The van der Waals surface area contributed by atoms with Crippen molar-refractivity contribution in [3.63, 3.8) is 0 Å². The number of carbonyl (C=O) groups excluding carboxylic acids is 1. The van der Waals surface area contributed by atoms with Gasteiger partial charge in [-0.25, -0.2) is 4.98 Å². The minimum absolute atomic E-state index is 0.0358. The Morgan fingerprint density at radius 1 is 1.50 bits per heavy atom. The summed E-state index contributed by atoms with van der Waals surface area (Å²) < 4.78 is 0. The molecular weight excluding hydrogens is 196 g/mol. The van der Waals surface area contributed by atoms with Crippen molar-refractivity contribution >= 4 is 17.2 Å². The van der Waals surface area contributed by atoms with Crippen LogP contribution < -0.4 is 0 Å². The van der Waals surface area contributed by atoms with Crippen molar-refractivity contribution in [3.8, 4) is 0 Å². The molecule has 0 aliphatic heterocycles. The van der Waals surface area contributed by atoms with E-state index in [1.54, 1.807) is 16.2 Å². The Hall–Kier alpha value is -0.900. The van der Waals surface area contributed by atoms with Gasteiger partial charge in [-0.05, 0) is 20.3 Å². The molecule has 0 aliphatic carbocycles. The maximum absolute atomic E-state index is 11.8. The average molecular weight is 212 g/mol. The third-order valence-corrected chi connectivity index (χ3v) is 2.90. The van der Waals surface area contributed by atoms with Crippen LogP contribution in [-0.4, -0.2) is 29.4 Å². The molecule has 0 aliphatic rings. The molecule has 0 N–H and O–H groups in total. The molecule has 0 saturated heterocycles. The second-order valence-electron chi connectivity index (χ2n) is 3.36. The quantitative estimate of drug-likeness (QED) is 0.770. The van der Waals surface area contributed by atoms with Crippen molar-refractivity contribution in [2.45, 2.75) is 27.2 Å². The monoisotopic (exact) mass is 212 g/mol. The molecule has 0 saturated carbocycles. The van der Waals surface area contributed by atoms with Crippen molar-refractivity contribution in [1.29, 1.82) is 0 Å². The average Bonchev–Trinajstić information content (AvgIpc) is 2.44. The molecule has 3 nitrogen and oxygen atoms in total. The highest BCUT2D eigenvalue weighted by molar-refractivity contribution is 7.11. The molecular formula is C10H16N2OS. The molecule has 0 bridgehead atoms. The number of hydrogen-bond acceptors (Lipinski definition) is 3. The Morgan fingerprint density at radius 3 is 2.57 bits per heavy atom. The van der Waals surface area contributed by atoms with E-state index in [-0.39, 0.29) is 5.91 Å². The van der Waals surface area contributed by atoms with E-state index >= 15 is 0 Å². The summed E-state index contributed by atoms with van der Waals surface area (Å²) in [4.78, 5) is 18.8. The van der Waals surface area contributed by atoms with Gasteiger partial charge in [0, 0.05) is 18.5 Å². The van der Waals surface area contributed by atoms with Gasteiger partial charge in [0.25, 0.3) is 5.91 Å². The Kier molecular flexibility index (Phi) is 3.63. The van der Waals surface area contributed by atoms with Gasteiger partial charge in [0.15, 0.2) is 0 Å². The van der Waals surface area contributed by atoms with Crippen molar-refractivity contribution < 1.29 is 4.79 Å². The van der Waals surface area contributed by atoms with Gasteiger partial charge in [0.2, 0.25) is 0 Å². The highest BCUT2D eigenvalue weighted by Gasteiger charge is 2.16. The summed E-state index contributed by atoms with van der Waals surface area (Å²) in [6.45, 7) is 6.71. The van der Waals surface area contributed by atoms with Gasteiger partial charge in [-0.2, -0.15) is 0 Å². The van der Waals surface area contributed by atoms with Crippen molar-refractivity contribution in [2.24, 2.45) is 0 Å². The fraction of sp³-hybridized carbons (Fsp3) is 0.600. The Bertz CT molecular complexity index is 333. The van der Waals surface area contributed by atoms with Crippen LogP contribution in [0.2, 0.25) is 0 Å². The maximum Gasteiger partial charge on any atom is 0.273 e. The third kappa shape index (κ3) is 2.32. The van der Waals surface area contributed by atoms with E-state index in [2.05, 4.69) is 11.9 Å². The maximum atomic E-state index is 11.8. The Morgan fingerprint density at radius 2 is 2.14 bits per heavy atom. The molecule has 4 heteroatoms. The molecule has 1 amide bonds. The minimum atomic E-state index is 0.0358. The van der Waals surface area contributed by atoms with Crippen molar-refractivity contribution in [1.82, 2.24) is 9.88 Å². The molecule has 0 atom stereocenters. The molecule has 0 radical (unpaired) electrons. The number of aromatic nitrogens is 1. The van der Waals surface area contributed by atoms with E-state index in [9.17, 15) is 4.79 Å². The lowest BCUT2D eigenvalue weighted by molar-refractivity contribution is 0.0789. The molecule has 1 rings (SSSR count). The number of thiazole rings is 1. The van der Waals surface area contributed by atoms with Crippen LogP contribution >= 0.6 is 11.3 Å². The number of nitrogens with zero attached hydrogens (tertiary/aromatic N) is 2. The van der Waals surface area contributed by atoms with E-state index in [1.807, 2.05) is 20.9 Å². The topological polar surface area (TPSA) is 33.2 Å². The number of carbonyl (C=O) groups is 1. The minimum Gasteiger partial charge on any atom is -0.340 e. The smallest absolute Gasteiger partial charge is 0.273 e. The van der Waals surface area contributed by atoms with Gasteiger partial charge < -0.3 is 4.90 Å². The summed E-state index contributed by atoms with van der Waals surface area (Å²) in [7, 11) is 1.82. The zero-order chi connectivity index (χ0) is 10.7. The lowest BCUT2D eigenvalue weighted by atomic mass is 10.3. The zero-order valence-corrected chi connectivity index (χ0v) is 9.94. The van der Waals surface area contributed by atoms with Crippen LogP contribution in [0.25, 0.3) is 0 Å². The molecule has 0 aromatic carbocycles. The molecule has 0 fully saturated rings. The molecule has 1 heterocycles. The largest absolute Gasteiger partial charge is 0.340 e. The first kappa shape index (κ1) is 11.2. The molecule has 1 aromatic heterocycles. The van der Waals surface area contributed by atoms with Crippen LogP contribution in [0.15, 0.2) is 0 Å². The van der Waals surface area contributed by atoms with Gasteiger partial charge in [-0.1, -0.05) is 6.92 Å². The molecule has 14 heavy (non-hydrogen) atoms.